The Morgan fingerprint density at radius 3 is 2.21 bits per heavy atom. The van der Waals surface area contributed by atoms with Crippen molar-refractivity contribution in [3.05, 3.63) is 0 Å². The van der Waals surface area contributed by atoms with Crippen molar-refractivity contribution in [2.24, 2.45) is 11.7 Å². The van der Waals surface area contributed by atoms with Gasteiger partial charge in [-0.3, -0.25) is 0 Å². The van der Waals surface area contributed by atoms with Gasteiger partial charge in [0.15, 0.2) is 9.84 Å². The monoisotopic (exact) mass is 221 g/mol. The molecule has 0 aliphatic carbocycles. The molecule has 4 heteroatoms. The average molecular weight is 221 g/mol. The standard InChI is InChI=1S/C10H23NO2S/c1-4-5-10(11)8-14(12,13)7-6-9(2)3/h9-10H,4-8,11H2,1-3H3. The Kier molecular flexibility index (Phi) is 6.36. The van der Waals surface area contributed by atoms with E-state index in [2.05, 4.69) is 0 Å². The first-order chi connectivity index (χ1) is 6.37. The topological polar surface area (TPSA) is 60.2 Å². The van der Waals surface area contributed by atoms with Crippen molar-refractivity contribution in [1.82, 2.24) is 0 Å². The predicted molar refractivity (Wildman–Crippen MR) is 61.0 cm³/mol. The fourth-order valence-electron chi connectivity index (χ4n) is 1.28. The van der Waals surface area contributed by atoms with E-state index in [9.17, 15) is 8.42 Å². The van der Waals surface area contributed by atoms with E-state index >= 15 is 0 Å². The van der Waals surface area contributed by atoms with Crippen molar-refractivity contribution >= 4 is 9.84 Å². The van der Waals surface area contributed by atoms with Crippen LogP contribution in [0, 0.1) is 5.92 Å². The summed E-state index contributed by atoms with van der Waals surface area (Å²) in [5, 5.41) is 0. The van der Waals surface area contributed by atoms with Crippen LogP contribution in [-0.4, -0.2) is 26.0 Å². The largest absolute Gasteiger partial charge is 0.327 e. The van der Waals surface area contributed by atoms with Crippen LogP contribution in [-0.2, 0) is 9.84 Å². The van der Waals surface area contributed by atoms with Gasteiger partial charge in [0.2, 0.25) is 0 Å². The summed E-state index contributed by atoms with van der Waals surface area (Å²) in [7, 11) is -2.92. The zero-order valence-corrected chi connectivity index (χ0v) is 10.3. The molecule has 3 nitrogen and oxygen atoms in total. The van der Waals surface area contributed by atoms with Crippen LogP contribution in [0.25, 0.3) is 0 Å². The molecule has 0 aromatic rings. The minimum Gasteiger partial charge on any atom is -0.327 e. The molecular formula is C10H23NO2S. The first-order valence-electron chi connectivity index (χ1n) is 5.33. The molecule has 86 valence electrons. The predicted octanol–water partition coefficient (Wildman–Crippen LogP) is 1.57. The summed E-state index contributed by atoms with van der Waals surface area (Å²) in [4.78, 5) is 0. The van der Waals surface area contributed by atoms with Crippen LogP contribution in [0.3, 0.4) is 0 Å². The molecule has 1 unspecified atom stereocenters. The van der Waals surface area contributed by atoms with Gasteiger partial charge in [0.25, 0.3) is 0 Å². The quantitative estimate of drug-likeness (QED) is 0.710. The Balaban J connectivity index is 3.95. The fraction of sp³-hybridized carbons (Fsp3) is 1.00. The third kappa shape index (κ3) is 7.33. The van der Waals surface area contributed by atoms with Crippen LogP contribution in [0.5, 0.6) is 0 Å². The summed E-state index contributed by atoms with van der Waals surface area (Å²) in [6.45, 7) is 6.07. The Labute approximate surface area is 88.0 Å². The maximum atomic E-state index is 11.5. The van der Waals surface area contributed by atoms with E-state index in [0.29, 0.717) is 5.92 Å². The van der Waals surface area contributed by atoms with Gasteiger partial charge in [-0.05, 0) is 18.8 Å². The smallest absolute Gasteiger partial charge is 0.151 e. The van der Waals surface area contributed by atoms with E-state index in [1.807, 2.05) is 20.8 Å². The van der Waals surface area contributed by atoms with Crippen LogP contribution in [0.4, 0.5) is 0 Å². The fourth-order valence-corrected chi connectivity index (χ4v) is 3.10. The first kappa shape index (κ1) is 13.9. The van der Waals surface area contributed by atoms with Gasteiger partial charge in [0.1, 0.15) is 0 Å². The molecule has 0 aliphatic heterocycles. The highest BCUT2D eigenvalue weighted by molar-refractivity contribution is 7.91. The lowest BCUT2D eigenvalue weighted by Gasteiger charge is -2.11. The molecule has 0 spiro atoms. The number of sulfone groups is 1. The van der Waals surface area contributed by atoms with Gasteiger partial charge in [-0.25, -0.2) is 8.42 Å². The van der Waals surface area contributed by atoms with E-state index in [-0.39, 0.29) is 17.5 Å². The molecular weight excluding hydrogens is 198 g/mol. The third-order valence-corrected chi connectivity index (χ3v) is 3.93. The average Bonchev–Trinajstić information content (AvgIpc) is 2.00. The third-order valence-electron chi connectivity index (χ3n) is 2.13. The van der Waals surface area contributed by atoms with E-state index in [1.54, 1.807) is 0 Å². The Hall–Kier alpha value is -0.0900. The molecule has 0 aromatic heterocycles. The molecule has 0 bridgehead atoms. The SMILES string of the molecule is CCCC(N)CS(=O)(=O)CCC(C)C. The highest BCUT2D eigenvalue weighted by Gasteiger charge is 2.15. The first-order valence-corrected chi connectivity index (χ1v) is 7.15. The van der Waals surface area contributed by atoms with Crippen molar-refractivity contribution in [2.45, 2.75) is 46.1 Å². The zero-order valence-electron chi connectivity index (χ0n) is 9.49. The van der Waals surface area contributed by atoms with Crippen LogP contribution >= 0.6 is 0 Å². The minimum atomic E-state index is -2.92. The maximum absolute atomic E-state index is 11.5. The lowest BCUT2D eigenvalue weighted by atomic mass is 10.2. The van der Waals surface area contributed by atoms with Crippen molar-refractivity contribution in [3.8, 4) is 0 Å². The second kappa shape index (κ2) is 6.40. The maximum Gasteiger partial charge on any atom is 0.151 e. The Morgan fingerprint density at radius 1 is 1.21 bits per heavy atom. The van der Waals surface area contributed by atoms with E-state index in [0.717, 1.165) is 19.3 Å². The van der Waals surface area contributed by atoms with Crippen molar-refractivity contribution in [3.63, 3.8) is 0 Å². The van der Waals surface area contributed by atoms with Crippen molar-refractivity contribution < 1.29 is 8.42 Å². The molecule has 0 amide bonds. The summed E-state index contributed by atoms with van der Waals surface area (Å²) in [6, 6.07) is -0.183. The molecule has 0 fully saturated rings. The normalized spacial score (nSPS) is 14.6. The highest BCUT2D eigenvalue weighted by atomic mass is 32.2. The lowest BCUT2D eigenvalue weighted by Crippen LogP contribution is -2.30. The second-order valence-electron chi connectivity index (χ2n) is 4.35. The van der Waals surface area contributed by atoms with Gasteiger partial charge in [-0.15, -0.1) is 0 Å². The molecule has 0 saturated heterocycles. The van der Waals surface area contributed by atoms with Crippen LogP contribution < -0.4 is 5.73 Å². The molecule has 0 rings (SSSR count). The second-order valence-corrected chi connectivity index (χ2v) is 6.57. The van der Waals surface area contributed by atoms with Gasteiger partial charge in [0, 0.05) is 6.04 Å². The molecule has 1 atom stereocenters. The highest BCUT2D eigenvalue weighted by Crippen LogP contribution is 2.06. The molecule has 0 heterocycles. The van der Waals surface area contributed by atoms with Gasteiger partial charge >= 0.3 is 0 Å². The van der Waals surface area contributed by atoms with E-state index in [4.69, 9.17) is 5.73 Å². The summed E-state index contributed by atoms with van der Waals surface area (Å²) in [5.41, 5.74) is 5.70. The number of hydrogen-bond donors (Lipinski definition) is 1. The van der Waals surface area contributed by atoms with Crippen LogP contribution in [0.1, 0.15) is 40.0 Å². The Morgan fingerprint density at radius 2 is 1.79 bits per heavy atom. The van der Waals surface area contributed by atoms with Crippen molar-refractivity contribution in [2.75, 3.05) is 11.5 Å². The Bertz CT molecular complexity index is 235. The molecule has 0 aromatic carbocycles. The van der Waals surface area contributed by atoms with Crippen LogP contribution in [0.15, 0.2) is 0 Å². The molecule has 0 aliphatic rings. The summed E-state index contributed by atoms with van der Waals surface area (Å²) in [6.07, 6.45) is 2.48. The number of hydrogen-bond acceptors (Lipinski definition) is 3. The lowest BCUT2D eigenvalue weighted by molar-refractivity contribution is 0.560. The van der Waals surface area contributed by atoms with Crippen molar-refractivity contribution in [1.29, 1.82) is 0 Å². The van der Waals surface area contributed by atoms with Gasteiger partial charge in [-0.2, -0.15) is 0 Å². The zero-order chi connectivity index (χ0) is 11.2. The van der Waals surface area contributed by atoms with E-state index in [1.165, 1.54) is 0 Å². The summed E-state index contributed by atoms with van der Waals surface area (Å²) < 4.78 is 23.1. The molecule has 14 heavy (non-hydrogen) atoms. The van der Waals surface area contributed by atoms with E-state index < -0.39 is 9.84 Å². The molecule has 0 radical (unpaired) electrons. The van der Waals surface area contributed by atoms with Gasteiger partial charge < -0.3 is 5.73 Å². The van der Waals surface area contributed by atoms with Crippen LogP contribution in [0.2, 0.25) is 0 Å². The molecule has 2 N–H and O–H groups in total. The number of nitrogens with two attached hydrogens (primary N) is 1. The van der Waals surface area contributed by atoms with Gasteiger partial charge in [0.05, 0.1) is 11.5 Å². The number of rotatable bonds is 7. The summed E-state index contributed by atoms with van der Waals surface area (Å²) in [5.74, 6) is 0.863. The summed E-state index contributed by atoms with van der Waals surface area (Å²) >= 11 is 0. The van der Waals surface area contributed by atoms with Gasteiger partial charge in [-0.1, -0.05) is 27.2 Å². The molecule has 0 saturated carbocycles. The minimum absolute atomic E-state index is 0.146.